The lowest BCUT2D eigenvalue weighted by Crippen LogP contribution is -2.14. The Morgan fingerprint density at radius 1 is 1.09 bits per heavy atom. The molecule has 0 saturated carbocycles. The second-order valence-electron chi connectivity index (χ2n) is 4.17. The first-order valence-electron chi connectivity index (χ1n) is 6.29. The molecule has 0 N–H and O–H groups in total. The highest BCUT2D eigenvalue weighted by Gasteiger charge is 2.14. The van der Waals surface area contributed by atoms with Crippen LogP contribution < -0.4 is 4.74 Å². The molecular weight excluding hydrogens is 288 g/mol. The zero-order valence-corrected chi connectivity index (χ0v) is 12.3. The van der Waals surface area contributed by atoms with Crippen LogP contribution in [0.2, 0.25) is 0 Å². The minimum absolute atomic E-state index is 0.00140. The minimum atomic E-state index is -0.705. The summed E-state index contributed by atoms with van der Waals surface area (Å²) < 4.78 is 14.0. The normalized spacial score (nSPS) is 10.1. The smallest absolute Gasteiger partial charge is 0.339 e. The summed E-state index contributed by atoms with van der Waals surface area (Å²) in [7, 11) is 2.51. The Labute approximate surface area is 128 Å². The van der Waals surface area contributed by atoms with Gasteiger partial charge >= 0.3 is 17.9 Å². The van der Waals surface area contributed by atoms with Gasteiger partial charge in [-0.1, -0.05) is 18.7 Å². The van der Waals surface area contributed by atoms with Crippen LogP contribution >= 0.6 is 0 Å². The number of ether oxygens (including phenoxy) is 3. The van der Waals surface area contributed by atoms with E-state index in [0.717, 1.165) is 5.56 Å². The van der Waals surface area contributed by atoms with Crippen molar-refractivity contribution in [3.05, 3.63) is 48.1 Å². The average molecular weight is 304 g/mol. The van der Waals surface area contributed by atoms with Gasteiger partial charge in [-0.3, -0.25) is 4.79 Å². The summed E-state index contributed by atoms with van der Waals surface area (Å²) >= 11 is 0. The van der Waals surface area contributed by atoms with Crippen molar-refractivity contribution in [1.82, 2.24) is 0 Å². The molecule has 0 unspecified atom stereocenters. The van der Waals surface area contributed by atoms with Crippen molar-refractivity contribution in [2.24, 2.45) is 0 Å². The van der Waals surface area contributed by atoms with Gasteiger partial charge in [-0.15, -0.1) is 0 Å². The molecule has 1 aromatic carbocycles. The molecule has 0 saturated heterocycles. The van der Waals surface area contributed by atoms with Crippen molar-refractivity contribution in [2.75, 3.05) is 14.2 Å². The number of esters is 3. The van der Waals surface area contributed by atoms with E-state index in [1.807, 2.05) is 0 Å². The zero-order chi connectivity index (χ0) is 16.5. The molecule has 6 heteroatoms. The topological polar surface area (TPSA) is 78.9 Å². The van der Waals surface area contributed by atoms with Crippen molar-refractivity contribution < 1.29 is 28.6 Å². The van der Waals surface area contributed by atoms with Gasteiger partial charge in [0, 0.05) is 11.6 Å². The fourth-order valence-electron chi connectivity index (χ4n) is 1.38. The minimum Gasteiger partial charge on any atom is -0.469 e. The van der Waals surface area contributed by atoms with E-state index in [0.29, 0.717) is 5.75 Å². The number of benzene rings is 1. The molecule has 0 heterocycles. The van der Waals surface area contributed by atoms with Crippen molar-refractivity contribution in [1.29, 1.82) is 0 Å². The molecule has 1 rings (SSSR count). The Bertz CT molecular complexity index is 598. The van der Waals surface area contributed by atoms with Crippen LogP contribution in [0.5, 0.6) is 5.75 Å². The van der Waals surface area contributed by atoms with Crippen LogP contribution in [-0.4, -0.2) is 32.1 Å². The van der Waals surface area contributed by atoms with Gasteiger partial charge in [-0.25, -0.2) is 9.59 Å². The lowest BCUT2D eigenvalue weighted by molar-refractivity contribution is -0.141. The molecule has 0 atom stereocenters. The number of methoxy groups -OCH3 is 2. The molecule has 0 aliphatic heterocycles. The predicted octanol–water partition coefficient (Wildman–Crippen LogP) is 1.90. The maximum Gasteiger partial charge on any atom is 0.339 e. The fraction of sp³-hybridized carbons (Fsp3) is 0.188. The maximum absolute atomic E-state index is 11.7. The van der Waals surface area contributed by atoms with E-state index in [-0.39, 0.29) is 12.0 Å². The van der Waals surface area contributed by atoms with Crippen LogP contribution in [0.15, 0.2) is 42.5 Å². The Morgan fingerprint density at radius 2 is 1.73 bits per heavy atom. The highest BCUT2D eigenvalue weighted by Crippen LogP contribution is 2.15. The quantitative estimate of drug-likeness (QED) is 0.454. The number of hydrogen-bond acceptors (Lipinski definition) is 6. The molecule has 0 fully saturated rings. The number of carbonyl (C=O) groups is 3. The zero-order valence-electron chi connectivity index (χ0n) is 12.3. The molecule has 0 aromatic heterocycles. The SMILES string of the molecule is C=C(CC(=O)OC)C(=O)Oc1ccc(C=CC(=O)OC)cc1. The molecule has 22 heavy (non-hydrogen) atoms. The van der Waals surface area contributed by atoms with E-state index in [1.165, 1.54) is 20.3 Å². The number of rotatable bonds is 6. The van der Waals surface area contributed by atoms with Gasteiger partial charge in [0.15, 0.2) is 0 Å². The van der Waals surface area contributed by atoms with Gasteiger partial charge in [0.2, 0.25) is 0 Å². The number of hydrogen-bond donors (Lipinski definition) is 0. The van der Waals surface area contributed by atoms with Gasteiger partial charge in [0.1, 0.15) is 5.75 Å². The summed E-state index contributed by atoms with van der Waals surface area (Å²) in [5.41, 5.74) is 0.736. The summed E-state index contributed by atoms with van der Waals surface area (Å²) in [5, 5.41) is 0. The predicted molar refractivity (Wildman–Crippen MR) is 78.9 cm³/mol. The van der Waals surface area contributed by atoms with Gasteiger partial charge in [-0.05, 0) is 23.8 Å². The van der Waals surface area contributed by atoms with Crippen molar-refractivity contribution >= 4 is 24.0 Å². The molecule has 0 radical (unpaired) electrons. The van der Waals surface area contributed by atoms with Crippen molar-refractivity contribution in [3.8, 4) is 5.75 Å². The van der Waals surface area contributed by atoms with Gasteiger partial charge < -0.3 is 14.2 Å². The van der Waals surface area contributed by atoms with Crippen molar-refractivity contribution in [2.45, 2.75) is 6.42 Å². The van der Waals surface area contributed by atoms with Crippen LogP contribution in [0.4, 0.5) is 0 Å². The van der Waals surface area contributed by atoms with E-state index in [2.05, 4.69) is 16.1 Å². The fourth-order valence-corrected chi connectivity index (χ4v) is 1.38. The molecule has 0 spiro atoms. The number of carbonyl (C=O) groups excluding carboxylic acids is 3. The molecular formula is C16H16O6. The van der Waals surface area contributed by atoms with Crippen LogP contribution in [-0.2, 0) is 23.9 Å². The lowest BCUT2D eigenvalue weighted by Gasteiger charge is -2.06. The summed E-state index contributed by atoms with van der Waals surface area (Å²) in [5.74, 6) is -1.44. The second-order valence-corrected chi connectivity index (χ2v) is 4.17. The summed E-state index contributed by atoms with van der Waals surface area (Å²) in [6.07, 6.45) is 2.61. The van der Waals surface area contributed by atoms with E-state index in [9.17, 15) is 14.4 Å². The monoisotopic (exact) mass is 304 g/mol. The molecule has 116 valence electrons. The van der Waals surface area contributed by atoms with E-state index >= 15 is 0 Å². The first kappa shape index (κ1) is 17.2. The van der Waals surface area contributed by atoms with Gasteiger partial charge in [0.05, 0.1) is 20.6 Å². The summed E-state index contributed by atoms with van der Waals surface area (Å²) in [4.78, 5) is 33.7. The molecule has 0 bridgehead atoms. The molecule has 0 amide bonds. The van der Waals surface area contributed by atoms with Crippen LogP contribution in [0.1, 0.15) is 12.0 Å². The first-order chi connectivity index (χ1) is 10.5. The first-order valence-corrected chi connectivity index (χ1v) is 6.29. The van der Waals surface area contributed by atoms with E-state index in [1.54, 1.807) is 30.3 Å². The Hall–Kier alpha value is -2.89. The van der Waals surface area contributed by atoms with Crippen LogP contribution in [0, 0.1) is 0 Å². The molecule has 1 aromatic rings. The molecule has 0 aliphatic rings. The highest BCUT2D eigenvalue weighted by atomic mass is 16.5. The van der Waals surface area contributed by atoms with Gasteiger partial charge in [0.25, 0.3) is 0 Å². The maximum atomic E-state index is 11.7. The van der Waals surface area contributed by atoms with Gasteiger partial charge in [-0.2, -0.15) is 0 Å². The molecule has 6 nitrogen and oxygen atoms in total. The Morgan fingerprint density at radius 3 is 2.27 bits per heavy atom. The molecule has 0 aliphatic carbocycles. The Balaban J connectivity index is 2.62. The van der Waals surface area contributed by atoms with Crippen LogP contribution in [0.3, 0.4) is 0 Å². The summed E-state index contributed by atoms with van der Waals surface area (Å²) in [6.45, 7) is 3.48. The third-order valence-electron chi connectivity index (χ3n) is 2.58. The van der Waals surface area contributed by atoms with E-state index in [4.69, 9.17) is 4.74 Å². The lowest BCUT2D eigenvalue weighted by atomic mass is 10.2. The highest BCUT2D eigenvalue weighted by molar-refractivity contribution is 5.94. The second kappa shape index (κ2) is 8.41. The summed E-state index contributed by atoms with van der Waals surface area (Å²) in [6, 6.07) is 6.43. The van der Waals surface area contributed by atoms with Crippen molar-refractivity contribution in [3.63, 3.8) is 0 Å². The Kier molecular flexibility index (Phi) is 6.56. The largest absolute Gasteiger partial charge is 0.469 e. The third kappa shape index (κ3) is 5.62. The average Bonchev–Trinajstić information content (AvgIpc) is 2.53. The standard InChI is InChI=1S/C16H16O6/c1-11(10-15(18)21-3)16(19)22-13-7-4-12(5-8-13)6-9-14(17)20-2/h4-9H,1,10H2,2-3H3. The third-order valence-corrected chi connectivity index (χ3v) is 2.58. The van der Waals surface area contributed by atoms with E-state index < -0.39 is 17.9 Å². The van der Waals surface area contributed by atoms with Crippen LogP contribution in [0.25, 0.3) is 6.08 Å².